The molecule has 0 aliphatic rings. The van der Waals surface area contributed by atoms with E-state index >= 15 is 0 Å². The van der Waals surface area contributed by atoms with Gasteiger partial charge in [0.25, 0.3) is 0 Å². The van der Waals surface area contributed by atoms with Crippen LogP contribution >= 0.6 is 24.8 Å². The van der Waals surface area contributed by atoms with Crippen molar-refractivity contribution in [2.24, 2.45) is 11.7 Å². The topological polar surface area (TPSA) is 106 Å². The highest BCUT2D eigenvalue weighted by atomic mass is 35.5. The summed E-state index contributed by atoms with van der Waals surface area (Å²) in [6, 6.07) is 8.46. The SMILES string of the molecule is Cc1cccc(Oc2ncccc2NC(=O)CNC(=O)[C@@H](N)C(C)C)c1C.Cl.Cl. The molecule has 1 aromatic heterocycles. The fraction of sp³-hybridized carbons (Fsp3) is 0.350. The number of carbonyl (C=O) groups excluding carboxylic acids is 2. The summed E-state index contributed by atoms with van der Waals surface area (Å²) in [5, 5.41) is 5.24. The Kier molecular flexibility index (Phi) is 11.3. The number of rotatable bonds is 7. The predicted octanol–water partition coefficient (Wildman–Crippen LogP) is 3.37. The molecule has 0 radical (unpaired) electrons. The van der Waals surface area contributed by atoms with Crippen molar-refractivity contribution in [2.75, 3.05) is 11.9 Å². The lowest BCUT2D eigenvalue weighted by Crippen LogP contribution is -2.46. The number of hydrogen-bond acceptors (Lipinski definition) is 5. The average Bonchev–Trinajstić information content (AvgIpc) is 2.64. The number of benzene rings is 1. The third-order valence-electron chi connectivity index (χ3n) is 4.25. The van der Waals surface area contributed by atoms with Crippen LogP contribution in [0.2, 0.25) is 0 Å². The number of nitrogens with two attached hydrogens (primary N) is 1. The summed E-state index contributed by atoms with van der Waals surface area (Å²) in [6.45, 7) is 7.46. The van der Waals surface area contributed by atoms with E-state index in [1.54, 1.807) is 18.3 Å². The van der Waals surface area contributed by atoms with E-state index in [9.17, 15) is 9.59 Å². The maximum atomic E-state index is 12.2. The molecule has 0 saturated carbocycles. The lowest BCUT2D eigenvalue weighted by molar-refractivity contribution is -0.125. The number of ether oxygens (including phenoxy) is 1. The van der Waals surface area contributed by atoms with Gasteiger partial charge in [-0.15, -0.1) is 24.8 Å². The van der Waals surface area contributed by atoms with Gasteiger partial charge in [0.15, 0.2) is 0 Å². The minimum absolute atomic E-state index is 0. The van der Waals surface area contributed by atoms with Gasteiger partial charge in [0, 0.05) is 6.20 Å². The molecule has 0 saturated heterocycles. The molecule has 2 rings (SSSR count). The van der Waals surface area contributed by atoms with Gasteiger partial charge in [-0.25, -0.2) is 4.98 Å². The molecule has 0 aliphatic heterocycles. The highest BCUT2D eigenvalue weighted by Gasteiger charge is 2.18. The number of aryl methyl sites for hydroxylation is 1. The van der Waals surface area contributed by atoms with Crippen LogP contribution in [0.5, 0.6) is 11.6 Å². The molecule has 7 nitrogen and oxygen atoms in total. The number of nitrogens with one attached hydrogen (secondary N) is 2. The Labute approximate surface area is 183 Å². The largest absolute Gasteiger partial charge is 0.437 e. The number of anilines is 1. The van der Waals surface area contributed by atoms with Gasteiger partial charge in [-0.05, 0) is 49.1 Å². The van der Waals surface area contributed by atoms with Gasteiger partial charge in [-0.1, -0.05) is 26.0 Å². The quantitative estimate of drug-likeness (QED) is 0.609. The van der Waals surface area contributed by atoms with Crippen LogP contribution in [0, 0.1) is 19.8 Å². The number of aromatic nitrogens is 1. The Bertz CT molecular complexity index is 831. The van der Waals surface area contributed by atoms with E-state index in [0.717, 1.165) is 11.1 Å². The van der Waals surface area contributed by atoms with E-state index in [4.69, 9.17) is 10.5 Å². The Morgan fingerprint density at radius 1 is 1.14 bits per heavy atom. The zero-order chi connectivity index (χ0) is 20.0. The van der Waals surface area contributed by atoms with Gasteiger partial charge in [0.05, 0.1) is 12.6 Å². The maximum absolute atomic E-state index is 12.2. The summed E-state index contributed by atoms with van der Waals surface area (Å²) in [6.07, 6.45) is 1.58. The Morgan fingerprint density at radius 3 is 2.48 bits per heavy atom. The van der Waals surface area contributed by atoms with E-state index in [-0.39, 0.29) is 49.1 Å². The van der Waals surface area contributed by atoms with Crippen LogP contribution in [-0.4, -0.2) is 29.4 Å². The van der Waals surface area contributed by atoms with Crippen LogP contribution in [0.1, 0.15) is 25.0 Å². The first kappa shape index (κ1) is 26.6. The summed E-state index contributed by atoms with van der Waals surface area (Å²) in [5.74, 6) is 0.186. The lowest BCUT2D eigenvalue weighted by atomic mass is 10.1. The fourth-order valence-corrected chi connectivity index (χ4v) is 2.29. The van der Waals surface area contributed by atoms with Crippen LogP contribution < -0.4 is 21.1 Å². The van der Waals surface area contributed by atoms with Crippen molar-refractivity contribution < 1.29 is 14.3 Å². The summed E-state index contributed by atoms with van der Waals surface area (Å²) in [5.41, 5.74) is 8.27. The molecule has 29 heavy (non-hydrogen) atoms. The molecule has 4 N–H and O–H groups in total. The Morgan fingerprint density at radius 2 is 1.83 bits per heavy atom. The first-order valence-electron chi connectivity index (χ1n) is 8.81. The third kappa shape index (κ3) is 7.53. The number of halogens is 2. The van der Waals surface area contributed by atoms with E-state index in [0.29, 0.717) is 11.4 Å². The second-order valence-electron chi connectivity index (χ2n) is 6.69. The van der Waals surface area contributed by atoms with Crippen LogP contribution in [0.4, 0.5) is 5.69 Å². The third-order valence-corrected chi connectivity index (χ3v) is 4.25. The molecule has 1 heterocycles. The van der Waals surface area contributed by atoms with Crippen molar-refractivity contribution in [3.8, 4) is 11.6 Å². The molecular formula is C20H28Cl2N4O3. The molecule has 0 spiro atoms. The molecule has 2 aromatic rings. The molecule has 1 aromatic carbocycles. The summed E-state index contributed by atoms with van der Waals surface area (Å²) in [7, 11) is 0. The molecular weight excluding hydrogens is 415 g/mol. The normalized spacial score (nSPS) is 11.0. The highest BCUT2D eigenvalue weighted by molar-refractivity contribution is 5.96. The minimum Gasteiger partial charge on any atom is -0.437 e. The molecule has 1 atom stereocenters. The fourth-order valence-electron chi connectivity index (χ4n) is 2.29. The van der Waals surface area contributed by atoms with Gasteiger partial charge < -0.3 is 21.1 Å². The molecule has 9 heteroatoms. The van der Waals surface area contributed by atoms with E-state index in [1.807, 2.05) is 45.9 Å². The van der Waals surface area contributed by atoms with Crippen molar-refractivity contribution in [2.45, 2.75) is 33.7 Å². The zero-order valence-electron chi connectivity index (χ0n) is 16.9. The van der Waals surface area contributed by atoms with Gasteiger partial charge in [-0.2, -0.15) is 0 Å². The van der Waals surface area contributed by atoms with Crippen LogP contribution in [0.3, 0.4) is 0 Å². The zero-order valence-corrected chi connectivity index (χ0v) is 18.5. The highest BCUT2D eigenvalue weighted by Crippen LogP contribution is 2.30. The molecule has 0 bridgehead atoms. The summed E-state index contributed by atoms with van der Waals surface area (Å²) >= 11 is 0. The Balaban J connectivity index is 0.00000392. The van der Waals surface area contributed by atoms with Gasteiger partial charge in [0.2, 0.25) is 17.7 Å². The van der Waals surface area contributed by atoms with E-state index in [1.165, 1.54) is 0 Å². The first-order valence-corrected chi connectivity index (χ1v) is 8.81. The molecule has 0 aliphatic carbocycles. The number of hydrogen-bond donors (Lipinski definition) is 3. The van der Waals surface area contributed by atoms with Gasteiger partial charge >= 0.3 is 0 Å². The smallest absolute Gasteiger partial charge is 0.243 e. The van der Waals surface area contributed by atoms with Crippen molar-refractivity contribution in [3.63, 3.8) is 0 Å². The molecule has 160 valence electrons. The summed E-state index contributed by atoms with van der Waals surface area (Å²) in [4.78, 5) is 28.3. The van der Waals surface area contributed by atoms with Crippen molar-refractivity contribution in [1.29, 1.82) is 0 Å². The second kappa shape index (κ2) is 12.3. The van der Waals surface area contributed by atoms with E-state index in [2.05, 4.69) is 15.6 Å². The molecule has 0 fully saturated rings. The minimum atomic E-state index is -0.653. The van der Waals surface area contributed by atoms with Gasteiger partial charge in [-0.3, -0.25) is 9.59 Å². The lowest BCUT2D eigenvalue weighted by Gasteiger charge is -2.16. The number of pyridine rings is 1. The Hall–Kier alpha value is -2.35. The standard InChI is InChI=1S/C20H26N4O3.2ClH/c1-12(2)18(21)19(26)23-11-17(25)24-15-8-6-10-22-20(15)27-16-9-5-7-13(3)14(16)4;;/h5-10,12,18H,11,21H2,1-4H3,(H,23,26)(H,24,25);2*1H/t18-;;/m0../s1. The monoisotopic (exact) mass is 442 g/mol. The van der Waals surface area contributed by atoms with Crippen LogP contribution in [-0.2, 0) is 9.59 Å². The predicted molar refractivity (Wildman–Crippen MR) is 119 cm³/mol. The second-order valence-corrected chi connectivity index (χ2v) is 6.69. The van der Waals surface area contributed by atoms with Crippen molar-refractivity contribution in [1.82, 2.24) is 10.3 Å². The van der Waals surface area contributed by atoms with Gasteiger partial charge in [0.1, 0.15) is 11.4 Å². The van der Waals surface area contributed by atoms with Crippen molar-refractivity contribution >= 4 is 42.3 Å². The number of nitrogens with zero attached hydrogens (tertiary/aromatic N) is 1. The molecule has 2 amide bonds. The number of amides is 2. The molecule has 0 unspecified atom stereocenters. The first-order chi connectivity index (χ1) is 12.8. The maximum Gasteiger partial charge on any atom is 0.243 e. The van der Waals surface area contributed by atoms with Crippen LogP contribution in [0.15, 0.2) is 36.5 Å². The van der Waals surface area contributed by atoms with Crippen LogP contribution in [0.25, 0.3) is 0 Å². The average molecular weight is 443 g/mol. The summed E-state index contributed by atoms with van der Waals surface area (Å²) < 4.78 is 5.88. The van der Waals surface area contributed by atoms with Crippen molar-refractivity contribution in [3.05, 3.63) is 47.7 Å². The van der Waals surface area contributed by atoms with E-state index < -0.39 is 11.9 Å². The number of carbonyl (C=O) groups is 2.